The van der Waals surface area contributed by atoms with Gasteiger partial charge in [0.05, 0.1) is 19.5 Å². The summed E-state index contributed by atoms with van der Waals surface area (Å²) in [6.07, 6.45) is -5.19. The van der Waals surface area contributed by atoms with Crippen molar-refractivity contribution in [1.29, 1.82) is 0 Å². The SMILES string of the molecule is CC(C)(COP(=O)(O)OP(=O)(O)OC[C@H]1O[C@@H](n2cnc3c(N)ncnc32)[C@H](O)[C@@H]1OP(=O)(O)O)[C@@H](O)C(=O)NCCC(=O)NCCSC(=O)CCCc1ccc2ccc3cccc4ccc1c2c34. The van der Waals surface area contributed by atoms with Gasteiger partial charge in [-0.05, 0) is 50.7 Å². The molecule has 10 N–H and O–H groups in total. The number of amides is 2. The van der Waals surface area contributed by atoms with E-state index in [9.17, 15) is 57.9 Å². The fourth-order valence-electron chi connectivity index (χ4n) is 7.80. The van der Waals surface area contributed by atoms with Gasteiger partial charge in [-0.15, -0.1) is 0 Å². The Balaban J connectivity index is 0.793. The van der Waals surface area contributed by atoms with Gasteiger partial charge in [-0.1, -0.05) is 80.2 Å². The van der Waals surface area contributed by atoms with Crippen molar-refractivity contribution in [2.45, 2.75) is 70.2 Å². The van der Waals surface area contributed by atoms with Gasteiger partial charge in [-0.25, -0.2) is 28.6 Å². The molecule has 0 aliphatic carbocycles. The van der Waals surface area contributed by atoms with E-state index in [1.807, 2.05) is 0 Å². The number of aliphatic hydroxyl groups is 2. The number of rotatable bonds is 23. The topological polar surface area (TPSA) is 364 Å². The molecule has 69 heavy (non-hydrogen) atoms. The maximum absolute atomic E-state index is 12.8. The molecule has 1 aliphatic heterocycles. The van der Waals surface area contributed by atoms with Crippen molar-refractivity contribution in [2.75, 3.05) is 37.8 Å². The first-order chi connectivity index (χ1) is 32.5. The van der Waals surface area contributed by atoms with Gasteiger partial charge in [0, 0.05) is 37.1 Å². The van der Waals surface area contributed by atoms with Crippen molar-refractivity contribution in [2.24, 2.45) is 5.41 Å². The molecule has 1 fully saturated rings. The van der Waals surface area contributed by atoms with Crippen LogP contribution in [-0.2, 0) is 57.1 Å². The van der Waals surface area contributed by atoms with E-state index in [0.29, 0.717) is 18.6 Å². The summed E-state index contributed by atoms with van der Waals surface area (Å²) in [7, 11) is -16.4. The van der Waals surface area contributed by atoms with Gasteiger partial charge >= 0.3 is 23.5 Å². The molecule has 0 radical (unpaired) electrons. The number of nitrogen functional groups attached to an aromatic ring is 1. The molecule has 0 bridgehead atoms. The van der Waals surface area contributed by atoms with Gasteiger partial charge in [-0.3, -0.25) is 32.5 Å². The van der Waals surface area contributed by atoms with Crippen LogP contribution in [0.15, 0.2) is 67.3 Å². The van der Waals surface area contributed by atoms with Crippen LogP contribution in [0.5, 0.6) is 0 Å². The van der Waals surface area contributed by atoms with Gasteiger partial charge in [0.25, 0.3) is 0 Å². The number of aryl methyl sites for hydroxylation is 1. The molecule has 2 amide bonds. The Labute approximate surface area is 397 Å². The van der Waals surface area contributed by atoms with Crippen LogP contribution in [0.25, 0.3) is 43.5 Å². The van der Waals surface area contributed by atoms with Crippen LogP contribution in [-0.4, -0.2) is 123 Å². The number of carbonyl (C=O) groups excluding carboxylic acids is 3. The van der Waals surface area contributed by atoms with E-state index < -0.39 is 84.6 Å². The summed E-state index contributed by atoms with van der Waals surface area (Å²) in [6.45, 7) is 0.481. The highest BCUT2D eigenvalue weighted by atomic mass is 32.2. The minimum Gasteiger partial charge on any atom is -0.386 e. The van der Waals surface area contributed by atoms with Gasteiger partial charge in [-0.2, -0.15) is 4.31 Å². The first kappa shape index (κ1) is 52.3. The van der Waals surface area contributed by atoms with E-state index in [0.717, 1.165) is 35.4 Å². The number of aliphatic hydroxyl groups excluding tert-OH is 2. The number of carbonyl (C=O) groups is 3. The van der Waals surface area contributed by atoms with Crippen LogP contribution in [0.1, 0.15) is 44.9 Å². The van der Waals surface area contributed by atoms with Crippen LogP contribution >= 0.6 is 35.2 Å². The first-order valence-corrected chi connectivity index (χ1v) is 26.7. The second-order valence-corrected chi connectivity index (χ2v) is 22.1. The summed E-state index contributed by atoms with van der Waals surface area (Å²) in [5.41, 5.74) is 5.45. The second-order valence-electron chi connectivity index (χ2n) is 16.7. The molecule has 1 saturated heterocycles. The highest BCUT2D eigenvalue weighted by Crippen LogP contribution is 2.61. The molecule has 2 aromatic heterocycles. The monoisotopic (exact) mass is 1040 g/mol. The van der Waals surface area contributed by atoms with E-state index in [1.54, 1.807) is 0 Å². The zero-order valence-corrected chi connectivity index (χ0v) is 40.4. The molecule has 6 aromatic rings. The molecule has 1 aliphatic rings. The van der Waals surface area contributed by atoms with Gasteiger partial charge < -0.3 is 50.9 Å². The van der Waals surface area contributed by atoms with Gasteiger partial charge in [0.2, 0.25) is 11.8 Å². The predicted molar refractivity (Wildman–Crippen MR) is 250 cm³/mol. The van der Waals surface area contributed by atoms with E-state index in [2.05, 4.69) is 89.0 Å². The number of phosphoric ester groups is 3. The Morgan fingerprint density at radius 3 is 2.30 bits per heavy atom. The van der Waals surface area contributed by atoms with Gasteiger partial charge in [0.1, 0.15) is 36.3 Å². The van der Waals surface area contributed by atoms with Crippen molar-refractivity contribution in [3.05, 3.63) is 72.8 Å². The first-order valence-electron chi connectivity index (χ1n) is 21.2. The zero-order chi connectivity index (χ0) is 49.9. The number of benzene rings is 4. The number of aromatic nitrogens is 4. The molecule has 0 spiro atoms. The van der Waals surface area contributed by atoms with Crippen molar-refractivity contribution in [1.82, 2.24) is 30.2 Å². The van der Waals surface area contributed by atoms with E-state index in [1.165, 1.54) is 51.7 Å². The third-order valence-electron chi connectivity index (χ3n) is 11.2. The summed E-state index contributed by atoms with van der Waals surface area (Å²) in [4.78, 5) is 89.1. The number of phosphoric acid groups is 3. The Kier molecular flexibility index (Phi) is 16.3. The van der Waals surface area contributed by atoms with Crippen molar-refractivity contribution < 1.29 is 80.5 Å². The smallest absolute Gasteiger partial charge is 0.386 e. The largest absolute Gasteiger partial charge is 0.481 e. The van der Waals surface area contributed by atoms with E-state index in [-0.39, 0.29) is 41.6 Å². The summed E-state index contributed by atoms with van der Waals surface area (Å²) in [5, 5.41) is 33.9. The molecule has 28 heteroatoms. The molecule has 3 heterocycles. The van der Waals surface area contributed by atoms with Crippen LogP contribution in [0.4, 0.5) is 5.82 Å². The van der Waals surface area contributed by atoms with Crippen LogP contribution in [0.2, 0.25) is 0 Å². The lowest BCUT2D eigenvalue weighted by molar-refractivity contribution is -0.137. The Morgan fingerprint density at radius 1 is 0.899 bits per heavy atom. The fourth-order valence-corrected chi connectivity index (χ4v) is 11.4. The maximum Gasteiger partial charge on any atom is 0.481 e. The zero-order valence-electron chi connectivity index (χ0n) is 36.9. The molecule has 4 aromatic carbocycles. The van der Waals surface area contributed by atoms with E-state index >= 15 is 0 Å². The Hall–Kier alpha value is -4.52. The molecule has 7 rings (SSSR count). The fraction of sp³-hybridized carbons (Fsp3) is 0.415. The lowest BCUT2D eigenvalue weighted by Crippen LogP contribution is -2.46. The molecule has 2 unspecified atom stereocenters. The van der Waals surface area contributed by atoms with E-state index in [4.69, 9.17) is 19.5 Å². The number of nitrogens with zero attached hydrogens (tertiary/aromatic N) is 4. The number of hydrogen-bond donors (Lipinski definition) is 9. The standard InChI is InChI=1S/C41H50N7O17P3S/c1-41(2,20-62-68(59,60)65-67(57,58)61-19-28-35(64-66(54,55)56)34(51)40(63-28)48-22-47-33-37(42)45-21-46-38(33)48)36(52)39(53)44-16-15-29(49)43-17-18-69-30(50)8-4-5-23-9-10-26-12-11-24-6-3-7-25-13-14-27(23)32(26)31(24)25/h3,6-7,9-14,21-22,28,34-36,40,51-52H,4-5,8,15-20H2,1-2H3,(H,43,49)(H,44,53)(H,57,58)(H,59,60)(H2,42,45,46)(H2,54,55,56)/t28-,34-,35-,36+,40-/m1/s1. The minimum atomic E-state index is -5.59. The number of anilines is 1. The highest BCUT2D eigenvalue weighted by molar-refractivity contribution is 8.13. The van der Waals surface area contributed by atoms with Gasteiger partial charge in [0.15, 0.2) is 22.8 Å². The molecule has 7 atom stereocenters. The summed E-state index contributed by atoms with van der Waals surface area (Å²) < 4.78 is 62.6. The molecule has 24 nitrogen and oxygen atoms in total. The third kappa shape index (κ3) is 12.9. The third-order valence-corrected chi connectivity index (χ3v) is 15.2. The number of ether oxygens (including phenoxy) is 1. The lowest BCUT2D eigenvalue weighted by atomic mass is 9.87. The van der Waals surface area contributed by atoms with Crippen LogP contribution in [0.3, 0.4) is 0 Å². The predicted octanol–water partition coefficient (Wildman–Crippen LogP) is 3.59. The number of imidazole rings is 1. The normalized spacial score (nSPS) is 20.1. The number of hydrogen-bond acceptors (Lipinski definition) is 18. The minimum absolute atomic E-state index is 0.00103. The summed E-state index contributed by atoms with van der Waals surface area (Å²) in [6, 6.07) is 19.1. The number of nitrogens with two attached hydrogens (primary N) is 1. The Bertz CT molecular complexity index is 2980. The summed E-state index contributed by atoms with van der Waals surface area (Å²) in [5.74, 6) is -1.12. The number of nitrogens with one attached hydrogen (secondary N) is 2. The average molecular weight is 1040 g/mol. The number of thioether (sulfide) groups is 1. The van der Waals surface area contributed by atoms with Crippen LogP contribution in [0, 0.1) is 5.41 Å². The molecule has 0 saturated carbocycles. The molecular weight excluding hydrogens is 987 g/mol. The van der Waals surface area contributed by atoms with Crippen molar-refractivity contribution in [3.63, 3.8) is 0 Å². The summed E-state index contributed by atoms with van der Waals surface area (Å²) >= 11 is 1.12. The van der Waals surface area contributed by atoms with Crippen LogP contribution < -0.4 is 16.4 Å². The molecule has 372 valence electrons. The Morgan fingerprint density at radius 2 is 1.58 bits per heavy atom. The number of fused-ring (bicyclic) bond motifs is 1. The molecular formula is C41H50N7O17P3S. The average Bonchev–Trinajstić information content (AvgIpc) is 3.85. The van der Waals surface area contributed by atoms with Crippen molar-refractivity contribution in [3.8, 4) is 0 Å². The van der Waals surface area contributed by atoms with Crippen molar-refractivity contribution >= 4 is 101 Å². The maximum atomic E-state index is 12.8. The quantitative estimate of drug-likeness (QED) is 0.0251. The lowest BCUT2D eigenvalue weighted by Gasteiger charge is -2.30. The second kappa shape index (κ2) is 21.5. The highest BCUT2D eigenvalue weighted by Gasteiger charge is 2.50.